The van der Waals surface area contributed by atoms with Crippen LogP contribution in [0.2, 0.25) is 0 Å². The summed E-state index contributed by atoms with van der Waals surface area (Å²) in [4.78, 5) is 6.26. The zero-order valence-electron chi connectivity index (χ0n) is 10.3. The van der Waals surface area contributed by atoms with Crippen molar-refractivity contribution in [3.8, 4) is 0 Å². The van der Waals surface area contributed by atoms with Crippen molar-refractivity contribution in [2.75, 3.05) is 18.0 Å². The highest BCUT2D eigenvalue weighted by molar-refractivity contribution is 5.57. The van der Waals surface area contributed by atoms with E-state index in [1.165, 1.54) is 0 Å². The summed E-state index contributed by atoms with van der Waals surface area (Å²) in [6, 6.07) is 1.81. The molecule has 2 aromatic heterocycles. The van der Waals surface area contributed by atoms with Gasteiger partial charge in [0.2, 0.25) is 0 Å². The first-order valence-electron chi connectivity index (χ1n) is 5.96. The van der Waals surface area contributed by atoms with E-state index in [1.807, 2.05) is 24.8 Å². The quantitative estimate of drug-likeness (QED) is 0.815. The number of nitrogens with zero attached hydrogens (tertiary/aromatic N) is 4. The van der Waals surface area contributed by atoms with Gasteiger partial charge >= 0.3 is 0 Å². The minimum absolute atomic E-state index is 0.195. The number of aliphatic hydroxyl groups is 1. The number of hydrogen-bond donors (Lipinski definition) is 1. The number of aryl methyl sites for hydroxylation is 1. The maximum atomic E-state index is 13.5. The number of aliphatic hydroxyl groups excluding tert-OH is 1. The summed E-state index contributed by atoms with van der Waals surface area (Å²) < 4.78 is 15.2. The molecule has 0 radical (unpaired) electrons. The Morgan fingerprint density at radius 2 is 2.17 bits per heavy atom. The van der Waals surface area contributed by atoms with Gasteiger partial charge in [-0.3, -0.25) is 0 Å². The van der Waals surface area contributed by atoms with Crippen LogP contribution in [-0.4, -0.2) is 45.1 Å². The third kappa shape index (κ3) is 1.56. The minimum Gasteiger partial charge on any atom is -0.388 e. The molecule has 3 rings (SSSR count). The summed E-state index contributed by atoms with van der Waals surface area (Å²) in [5, 5.41) is 13.8. The Kier molecular flexibility index (Phi) is 2.48. The van der Waals surface area contributed by atoms with E-state index >= 15 is 0 Å². The van der Waals surface area contributed by atoms with Gasteiger partial charge in [0, 0.05) is 23.9 Å². The maximum Gasteiger partial charge on any atom is 0.157 e. The molecule has 0 saturated carbocycles. The van der Waals surface area contributed by atoms with Crippen molar-refractivity contribution in [2.24, 2.45) is 0 Å². The molecule has 5 nitrogen and oxygen atoms in total. The molecule has 2 atom stereocenters. The molecule has 3 heterocycles. The third-order valence-electron chi connectivity index (χ3n) is 3.50. The molecule has 6 heteroatoms. The molecular formula is C12H15FN4O. The second kappa shape index (κ2) is 3.91. The maximum absolute atomic E-state index is 13.5. The van der Waals surface area contributed by atoms with Gasteiger partial charge < -0.3 is 10.0 Å². The lowest BCUT2D eigenvalue weighted by atomic mass is 10.2. The van der Waals surface area contributed by atoms with Crippen LogP contribution in [-0.2, 0) is 0 Å². The van der Waals surface area contributed by atoms with Gasteiger partial charge in [-0.2, -0.15) is 9.61 Å². The molecule has 1 N–H and O–H groups in total. The monoisotopic (exact) mass is 250 g/mol. The molecule has 0 aromatic carbocycles. The molecule has 0 amide bonds. The molecular weight excluding hydrogens is 235 g/mol. The number of aromatic nitrogens is 3. The van der Waals surface area contributed by atoms with Crippen LogP contribution in [0.25, 0.3) is 5.65 Å². The minimum atomic E-state index is -1.21. The molecule has 0 bridgehead atoms. The van der Waals surface area contributed by atoms with Gasteiger partial charge in [-0.25, -0.2) is 9.37 Å². The average Bonchev–Trinajstić information content (AvgIpc) is 2.88. The summed E-state index contributed by atoms with van der Waals surface area (Å²) in [5.41, 5.74) is 2.60. The van der Waals surface area contributed by atoms with E-state index in [1.54, 1.807) is 10.7 Å². The van der Waals surface area contributed by atoms with Crippen LogP contribution in [0.1, 0.15) is 11.3 Å². The van der Waals surface area contributed by atoms with Gasteiger partial charge in [-0.15, -0.1) is 0 Å². The van der Waals surface area contributed by atoms with E-state index < -0.39 is 12.3 Å². The summed E-state index contributed by atoms with van der Waals surface area (Å²) in [5.74, 6) is 0.821. The number of fused-ring (bicyclic) bond motifs is 1. The predicted molar refractivity (Wildman–Crippen MR) is 65.6 cm³/mol. The fourth-order valence-corrected chi connectivity index (χ4v) is 2.41. The lowest BCUT2D eigenvalue weighted by molar-refractivity contribution is 0.118. The van der Waals surface area contributed by atoms with Crippen molar-refractivity contribution in [2.45, 2.75) is 26.1 Å². The molecule has 0 spiro atoms. The van der Waals surface area contributed by atoms with Gasteiger partial charge in [0.15, 0.2) is 5.65 Å². The van der Waals surface area contributed by atoms with Crippen molar-refractivity contribution in [1.29, 1.82) is 0 Å². The Morgan fingerprint density at radius 3 is 2.83 bits per heavy atom. The van der Waals surface area contributed by atoms with Gasteiger partial charge in [0.25, 0.3) is 0 Å². The molecule has 0 aliphatic carbocycles. The Bertz CT molecular complexity index is 587. The third-order valence-corrected chi connectivity index (χ3v) is 3.50. The number of halogens is 1. The van der Waals surface area contributed by atoms with E-state index in [9.17, 15) is 9.50 Å². The van der Waals surface area contributed by atoms with Crippen molar-refractivity contribution < 1.29 is 9.50 Å². The fourth-order valence-electron chi connectivity index (χ4n) is 2.41. The average molecular weight is 250 g/mol. The molecule has 1 fully saturated rings. The number of rotatable bonds is 1. The van der Waals surface area contributed by atoms with Gasteiger partial charge in [-0.1, -0.05) is 0 Å². The molecule has 0 unspecified atom stereocenters. The number of hydrogen-bond acceptors (Lipinski definition) is 4. The van der Waals surface area contributed by atoms with E-state index in [-0.39, 0.29) is 6.54 Å². The van der Waals surface area contributed by atoms with Crippen LogP contribution in [0.4, 0.5) is 10.2 Å². The van der Waals surface area contributed by atoms with Gasteiger partial charge in [0.05, 0.1) is 12.7 Å². The zero-order valence-corrected chi connectivity index (χ0v) is 10.3. The fraction of sp³-hybridized carbons (Fsp3) is 0.500. The number of alkyl halides is 1. The largest absolute Gasteiger partial charge is 0.388 e. The highest BCUT2D eigenvalue weighted by Crippen LogP contribution is 2.27. The summed E-state index contributed by atoms with van der Waals surface area (Å²) in [7, 11) is 0. The highest BCUT2D eigenvalue weighted by atomic mass is 19.1. The lowest BCUT2D eigenvalue weighted by Crippen LogP contribution is -2.25. The first-order chi connectivity index (χ1) is 8.58. The standard InChI is InChI=1S/C12H15FN4O/c1-7-8(2)15-11-3-4-14-17(11)12(7)16-5-9(13)10(18)6-16/h3-4,9-10,18H,5-6H2,1-2H3/t9-,10-/m1/s1. The lowest BCUT2D eigenvalue weighted by Gasteiger charge is -2.21. The van der Waals surface area contributed by atoms with Crippen molar-refractivity contribution >= 4 is 11.5 Å². The van der Waals surface area contributed by atoms with Crippen LogP contribution in [0, 0.1) is 13.8 Å². The van der Waals surface area contributed by atoms with Crippen LogP contribution in [0.15, 0.2) is 12.3 Å². The van der Waals surface area contributed by atoms with Gasteiger partial charge in [-0.05, 0) is 13.8 Å². The smallest absolute Gasteiger partial charge is 0.157 e. The topological polar surface area (TPSA) is 53.7 Å². The molecule has 1 saturated heterocycles. The number of anilines is 1. The Balaban J connectivity index is 2.16. The molecule has 1 aliphatic heterocycles. The first kappa shape index (κ1) is 11.4. The molecule has 18 heavy (non-hydrogen) atoms. The predicted octanol–water partition coefficient (Wildman–Crippen LogP) is 0.865. The van der Waals surface area contributed by atoms with E-state index in [0.717, 1.165) is 22.7 Å². The van der Waals surface area contributed by atoms with Crippen molar-refractivity contribution in [1.82, 2.24) is 14.6 Å². The van der Waals surface area contributed by atoms with E-state index in [0.29, 0.717) is 6.54 Å². The summed E-state index contributed by atoms with van der Waals surface area (Å²) >= 11 is 0. The summed E-state index contributed by atoms with van der Waals surface area (Å²) in [6.07, 6.45) is -0.462. The van der Waals surface area contributed by atoms with E-state index in [2.05, 4.69) is 10.1 Å². The van der Waals surface area contributed by atoms with Gasteiger partial charge in [0.1, 0.15) is 18.1 Å². The zero-order chi connectivity index (χ0) is 12.9. The summed E-state index contributed by atoms with van der Waals surface area (Å²) in [6.45, 7) is 4.35. The molecule has 2 aromatic rings. The number of β-amino-alcohol motifs (C(OH)–C–C–N with tert-alkyl or cyclic N) is 1. The molecule has 1 aliphatic rings. The normalized spacial score (nSPS) is 24.1. The van der Waals surface area contributed by atoms with Crippen LogP contribution in [0.3, 0.4) is 0 Å². The Morgan fingerprint density at radius 1 is 1.39 bits per heavy atom. The second-order valence-electron chi connectivity index (χ2n) is 4.74. The van der Waals surface area contributed by atoms with Crippen LogP contribution >= 0.6 is 0 Å². The van der Waals surface area contributed by atoms with Crippen molar-refractivity contribution in [3.63, 3.8) is 0 Å². The first-order valence-corrected chi connectivity index (χ1v) is 5.96. The second-order valence-corrected chi connectivity index (χ2v) is 4.74. The SMILES string of the molecule is Cc1nc2ccnn2c(N2C[C@@H](O)[C@H](F)C2)c1C. The Labute approximate surface area is 104 Å². The Hall–Kier alpha value is -1.69. The van der Waals surface area contributed by atoms with E-state index in [4.69, 9.17) is 0 Å². The highest BCUT2D eigenvalue weighted by Gasteiger charge is 2.33. The van der Waals surface area contributed by atoms with Crippen molar-refractivity contribution in [3.05, 3.63) is 23.5 Å². The van der Waals surface area contributed by atoms with Crippen LogP contribution < -0.4 is 4.90 Å². The molecule has 96 valence electrons. The van der Waals surface area contributed by atoms with Crippen LogP contribution in [0.5, 0.6) is 0 Å².